The number of nitriles is 1. The minimum atomic E-state index is -0.605. The predicted molar refractivity (Wildman–Crippen MR) is 114 cm³/mol. The molecule has 4 rings (SSSR count). The number of nitrogens with one attached hydrogen (secondary N) is 2. The highest BCUT2D eigenvalue weighted by molar-refractivity contribution is 5.95. The van der Waals surface area contributed by atoms with Crippen LogP contribution in [0.1, 0.15) is 27.6 Å². The highest BCUT2D eigenvalue weighted by Crippen LogP contribution is 2.37. The maximum Gasteiger partial charge on any atom is 0.255 e. The van der Waals surface area contributed by atoms with E-state index in [-0.39, 0.29) is 23.2 Å². The molecule has 7 heteroatoms. The van der Waals surface area contributed by atoms with E-state index >= 15 is 0 Å². The van der Waals surface area contributed by atoms with Crippen LogP contribution in [0.3, 0.4) is 0 Å². The summed E-state index contributed by atoms with van der Waals surface area (Å²) in [7, 11) is 0. The standard InChI is InChI=1S/C24H20N4O3/c25-14-19-20(16-8-3-1-4-9-16)21(28-23(29)17-10-5-2-6-11-17)24(31-22(19)26)27-15-18-12-7-13-30-18/h1-13,20,27H,15,26H2,(H,28,29)/t20-/m1/s1. The monoisotopic (exact) mass is 412 g/mol. The minimum absolute atomic E-state index is 0.0176. The van der Waals surface area contributed by atoms with E-state index in [4.69, 9.17) is 14.9 Å². The summed E-state index contributed by atoms with van der Waals surface area (Å²) in [4.78, 5) is 13.0. The first-order chi connectivity index (χ1) is 15.2. The van der Waals surface area contributed by atoms with Crippen molar-refractivity contribution in [3.63, 3.8) is 0 Å². The fourth-order valence-electron chi connectivity index (χ4n) is 3.36. The Morgan fingerprint density at radius 2 is 1.74 bits per heavy atom. The lowest BCUT2D eigenvalue weighted by atomic mass is 9.87. The zero-order valence-electron chi connectivity index (χ0n) is 16.5. The predicted octanol–water partition coefficient (Wildman–Crippen LogP) is 3.48. The molecule has 2 heterocycles. The second-order valence-electron chi connectivity index (χ2n) is 6.83. The third-order valence-electron chi connectivity index (χ3n) is 4.84. The molecule has 0 spiro atoms. The van der Waals surface area contributed by atoms with Gasteiger partial charge in [0.25, 0.3) is 5.91 Å². The summed E-state index contributed by atoms with van der Waals surface area (Å²) >= 11 is 0. The van der Waals surface area contributed by atoms with Crippen LogP contribution < -0.4 is 16.4 Å². The van der Waals surface area contributed by atoms with Crippen molar-refractivity contribution < 1.29 is 13.9 Å². The molecule has 1 amide bonds. The molecule has 0 saturated carbocycles. The van der Waals surface area contributed by atoms with E-state index in [0.717, 1.165) is 5.56 Å². The summed E-state index contributed by atoms with van der Waals surface area (Å²) in [6.07, 6.45) is 1.57. The summed E-state index contributed by atoms with van der Waals surface area (Å²) in [5.41, 5.74) is 7.98. The zero-order chi connectivity index (χ0) is 21.6. The molecule has 1 atom stereocenters. The molecular weight excluding hydrogens is 392 g/mol. The lowest BCUT2D eigenvalue weighted by molar-refractivity contribution is 0.0958. The second kappa shape index (κ2) is 8.93. The Hall–Kier alpha value is -4.44. The van der Waals surface area contributed by atoms with Crippen molar-refractivity contribution in [3.8, 4) is 6.07 Å². The van der Waals surface area contributed by atoms with Gasteiger partial charge in [-0.1, -0.05) is 48.5 Å². The van der Waals surface area contributed by atoms with Gasteiger partial charge in [-0.25, -0.2) is 0 Å². The minimum Gasteiger partial charge on any atom is -0.467 e. The average molecular weight is 412 g/mol. The number of carbonyl (C=O) groups excluding carboxylic acids is 1. The van der Waals surface area contributed by atoms with Crippen molar-refractivity contribution in [1.29, 1.82) is 5.26 Å². The second-order valence-corrected chi connectivity index (χ2v) is 6.83. The third-order valence-corrected chi connectivity index (χ3v) is 4.84. The smallest absolute Gasteiger partial charge is 0.255 e. The van der Waals surface area contributed by atoms with Gasteiger partial charge in [0.1, 0.15) is 17.4 Å². The third kappa shape index (κ3) is 4.28. The van der Waals surface area contributed by atoms with E-state index in [0.29, 0.717) is 23.6 Å². The summed E-state index contributed by atoms with van der Waals surface area (Å²) < 4.78 is 11.1. The lowest BCUT2D eigenvalue weighted by Crippen LogP contribution is -2.36. The molecule has 4 N–H and O–H groups in total. The molecule has 1 aromatic heterocycles. The van der Waals surface area contributed by atoms with Crippen molar-refractivity contribution in [2.45, 2.75) is 12.5 Å². The number of allylic oxidation sites excluding steroid dienone is 1. The molecule has 0 aliphatic carbocycles. The normalized spacial score (nSPS) is 15.8. The van der Waals surface area contributed by atoms with Gasteiger partial charge in [-0.2, -0.15) is 5.26 Å². The summed E-state index contributed by atoms with van der Waals surface area (Å²) in [5.74, 6) is -0.0151. The Balaban J connectivity index is 1.76. The fraction of sp³-hybridized carbons (Fsp3) is 0.0833. The molecule has 31 heavy (non-hydrogen) atoms. The number of furan rings is 1. The van der Waals surface area contributed by atoms with Gasteiger partial charge in [-0.15, -0.1) is 0 Å². The van der Waals surface area contributed by atoms with Gasteiger partial charge in [0.15, 0.2) is 0 Å². The Bertz CT molecular complexity index is 1160. The van der Waals surface area contributed by atoms with Gasteiger partial charge >= 0.3 is 0 Å². The van der Waals surface area contributed by atoms with Crippen LogP contribution >= 0.6 is 0 Å². The SMILES string of the molecule is N#CC1=C(N)OC(NCc2ccco2)=C(NC(=O)c2ccccc2)[C@@H]1c1ccccc1. The van der Waals surface area contributed by atoms with Crippen LogP contribution in [-0.4, -0.2) is 5.91 Å². The topological polar surface area (TPSA) is 113 Å². The zero-order valence-corrected chi connectivity index (χ0v) is 16.5. The van der Waals surface area contributed by atoms with Crippen LogP contribution in [0.5, 0.6) is 0 Å². The van der Waals surface area contributed by atoms with Gasteiger partial charge < -0.3 is 25.5 Å². The molecule has 2 aromatic carbocycles. The molecule has 0 bridgehead atoms. The number of nitrogens with two attached hydrogens (primary N) is 1. The quantitative estimate of drug-likeness (QED) is 0.571. The van der Waals surface area contributed by atoms with Crippen LogP contribution in [0, 0.1) is 11.3 Å². The molecule has 154 valence electrons. The molecule has 0 radical (unpaired) electrons. The van der Waals surface area contributed by atoms with E-state index in [9.17, 15) is 10.1 Å². The average Bonchev–Trinajstić information content (AvgIpc) is 3.33. The molecular formula is C24H20N4O3. The highest BCUT2D eigenvalue weighted by Gasteiger charge is 2.34. The van der Waals surface area contributed by atoms with Crippen LogP contribution in [0.4, 0.5) is 0 Å². The van der Waals surface area contributed by atoms with Crippen molar-refractivity contribution in [2.75, 3.05) is 0 Å². The molecule has 1 aliphatic rings. The first-order valence-corrected chi connectivity index (χ1v) is 9.66. The van der Waals surface area contributed by atoms with Crippen molar-refractivity contribution in [2.24, 2.45) is 5.73 Å². The van der Waals surface area contributed by atoms with E-state index in [1.54, 1.807) is 36.6 Å². The largest absolute Gasteiger partial charge is 0.467 e. The molecule has 0 saturated heterocycles. The van der Waals surface area contributed by atoms with Gasteiger partial charge in [0, 0.05) is 5.56 Å². The Labute approximate surface area is 179 Å². The summed E-state index contributed by atoms with van der Waals surface area (Å²) in [6.45, 7) is 0.309. The molecule has 3 aromatic rings. The summed E-state index contributed by atoms with van der Waals surface area (Å²) in [6, 6.07) is 23.9. The Kier molecular flexibility index (Phi) is 5.72. The molecule has 0 fully saturated rings. The van der Waals surface area contributed by atoms with Crippen molar-refractivity contribution >= 4 is 5.91 Å². The van der Waals surface area contributed by atoms with Gasteiger partial charge in [0.2, 0.25) is 11.8 Å². The maximum absolute atomic E-state index is 13.0. The van der Waals surface area contributed by atoms with Crippen molar-refractivity contribution in [1.82, 2.24) is 10.6 Å². The Morgan fingerprint density at radius 1 is 1.03 bits per heavy atom. The number of ether oxygens (including phenoxy) is 1. The number of nitrogens with zero attached hydrogens (tertiary/aromatic N) is 1. The molecule has 7 nitrogen and oxygen atoms in total. The lowest BCUT2D eigenvalue weighted by Gasteiger charge is -2.29. The van der Waals surface area contributed by atoms with Gasteiger partial charge in [-0.3, -0.25) is 4.79 Å². The maximum atomic E-state index is 13.0. The number of hydrogen-bond acceptors (Lipinski definition) is 6. The number of hydrogen-bond donors (Lipinski definition) is 3. The van der Waals surface area contributed by atoms with Gasteiger partial charge in [0.05, 0.1) is 24.4 Å². The number of carbonyl (C=O) groups is 1. The fourth-order valence-corrected chi connectivity index (χ4v) is 3.36. The van der Waals surface area contributed by atoms with E-state index in [1.165, 1.54) is 0 Å². The van der Waals surface area contributed by atoms with E-state index in [1.807, 2.05) is 42.5 Å². The van der Waals surface area contributed by atoms with Crippen molar-refractivity contribution in [3.05, 3.63) is 119 Å². The number of amides is 1. The van der Waals surface area contributed by atoms with E-state index in [2.05, 4.69) is 16.7 Å². The molecule has 0 unspecified atom stereocenters. The van der Waals surface area contributed by atoms with Crippen LogP contribution in [0.15, 0.2) is 107 Å². The van der Waals surface area contributed by atoms with E-state index < -0.39 is 5.92 Å². The van der Waals surface area contributed by atoms with Crippen LogP contribution in [-0.2, 0) is 11.3 Å². The van der Waals surface area contributed by atoms with Crippen LogP contribution in [0.2, 0.25) is 0 Å². The first-order valence-electron chi connectivity index (χ1n) is 9.66. The van der Waals surface area contributed by atoms with Crippen LogP contribution in [0.25, 0.3) is 0 Å². The van der Waals surface area contributed by atoms with Gasteiger partial charge in [-0.05, 0) is 29.8 Å². The first kappa shape index (κ1) is 19.9. The number of rotatable bonds is 6. The summed E-state index contributed by atoms with van der Waals surface area (Å²) in [5, 5.41) is 15.9. The number of benzene rings is 2. The molecule has 1 aliphatic heterocycles. The Morgan fingerprint density at radius 3 is 2.39 bits per heavy atom. The highest BCUT2D eigenvalue weighted by atomic mass is 16.5.